The van der Waals surface area contributed by atoms with E-state index in [9.17, 15) is 4.79 Å². The Morgan fingerprint density at radius 2 is 1.10 bits per heavy atom. The van der Waals surface area contributed by atoms with Crippen LogP contribution in [0.4, 0.5) is 0 Å². The molecule has 0 atom stereocenters. The molecule has 4 heteroatoms. The Morgan fingerprint density at radius 1 is 0.724 bits per heavy atom. The summed E-state index contributed by atoms with van der Waals surface area (Å²) in [5.41, 5.74) is 0.573. The monoisotopic (exact) mass is 476 g/mol. The lowest BCUT2D eigenvalue weighted by Crippen LogP contribution is -2.24. The molecule has 0 bridgehead atoms. The van der Waals surface area contributed by atoms with Crippen molar-refractivity contribution in [3.05, 3.63) is 12.2 Å². The van der Waals surface area contributed by atoms with Crippen LogP contribution in [-0.2, 0) is 4.79 Å². The van der Waals surface area contributed by atoms with E-state index < -0.39 is 0 Å². The number of rotatable bonds is 18. The molecule has 0 radical (unpaired) electrons. The maximum absolute atomic E-state index is 10.7. The van der Waals surface area contributed by atoms with Gasteiger partial charge in [0.1, 0.15) is 0 Å². The number of hydrogen-bond donors (Lipinski definition) is 1. The van der Waals surface area contributed by atoms with E-state index in [4.69, 9.17) is 0 Å². The van der Waals surface area contributed by atoms with Gasteiger partial charge in [-0.2, -0.15) is 0 Å². The molecule has 0 saturated carbocycles. The Labute approximate surface area is 194 Å². The fourth-order valence-corrected chi connectivity index (χ4v) is 3.01. The number of nitrogens with one attached hydrogen (secondary N) is 1. The molecule has 0 spiro atoms. The Kier molecular flexibility index (Phi) is 31.7. The average molecular weight is 478 g/mol. The van der Waals surface area contributed by atoms with E-state index in [2.05, 4.69) is 37.8 Å². The van der Waals surface area contributed by atoms with E-state index >= 15 is 0 Å². The fourth-order valence-electron chi connectivity index (χ4n) is 3.01. The number of carbonyl (C=O) groups is 1. The number of hydrogen-bond acceptors (Lipinski definition) is 2. The van der Waals surface area contributed by atoms with Crippen LogP contribution in [0.5, 0.6) is 0 Å². The van der Waals surface area contributed by atoms with Gasteiger partial charge in [0.2, 0.25) is 5.91 Å². The van der Waals surface area contributed by atoms with Crippen molar-refractivity contribution in [1.29, 1.82) is 0 Å². The molecule has 29 heavy (non-hydrogen) atoms. The smallest absolute Gasteiger partial charge is 0.246 e. The molecule has 0 fully saturated rings. The Bertz CT molecular complexity index is 346. The number of unbranched alkanes of at least 4 members (excludes halogenated alkanes) is 13. The predicted octanol–water partition coefficient (Wildman–Crippen LogP) is 7.70. The second-order valence-corrected chi connectivity index (χ2v) is 8.44. The van der Waals surface area contributed by atoms with Crippen molar-refractivity contribution >= 4 is 22.9 Å². The third kappa shape index (κ3) is 32.5. The minimum Gasteiger partial charge on any atom is -0.352 e. The second kappa shape index (κ2) is 27.6. The Balaban J connectivity index is -0.000000572. The van der Waals surface area contributed by atoms with E-state index in [1.165, 1.54) is 96.4 Å². The highest BCUT2D eigenvalue weighted by Crippen LogP contribution is 2.12. The first-order chi connectivity index (χ1) is 13.5. The van der Waals surface area contributed by atoms with Crippen LogP contribution < -0.4 is 5.32 Å². The van der Waals surface area contributed by atoms with E-state index in [1.54, 1.807) is 6.92 Å². The molecule has 0 rings (SSSR count). The van der Waals surface area contributed by atoms with Crippen molar-refractivity contribution in [3.8, 4) is 0 Å². The SMILES string of the molecule is Br.C=C(C)C(=O)NCCC.CCCCCCCCCCCCCCCCN(C)C. The van der Waals surface area contributed by atoms with Crippen molar-refractivity contribution in [2.75, 3.05) is 27.2 Å². The first-order valence-electron chi connectivity index (χ1n) is 12.0. The van der Waals surface area contributed by atoms with Crippen molar-refractivity contribution in [3.63, 3.8) is 0 Å². The van der Waals surface area contributed by atoms with Crippen molar-refractivity contribution in [2.24, 2.45) is 0 Å². The molecule has 0 heterocycles. The molecule has 0 unspecified atom stereocenters. The largest absolute Gasteiger partial charge is 0.352 e. The number of carbonyl (C=O) groups excluding carboxylic acids is 1. The molecular weight excluding hydrogens is 424 g/mol. The lowest BCUT2D eigenvalue weighted by atomic mass is 10.0. The first kappa shape index (κ1) is 33.3. The summed E-state index contributed by atoms with van der Waals surface area (Å²) in [7, 11) is 4.34. The molecule has 0 aliphatic rings. The predicted molar refractivity (Wildman–Crippen MR) is 137 cm³/mol. The molecule has 0 aliphatic carbocycles. The van der Waals surface area contributed by atoms with Gasteiger partial charge in [0.25, 0.3) is 0 Å². The standard InChI is InChI=1S/C18H39N.C7H13NO.BrH/c1-4-5-6-7-8-9-10-11-12-13-14-15-16-17-18-19(2)3;1-4-5-8-7(9)6(2)3;/h4-18H2,1-3H3;2,4-5H2,1,3H3,(H,8,9);1H. The van der Waals surface area contributed by atoms with Gasteiger partial charge in [0.05, 0.1) is 0 Å². The summed E-state index contributed by atoms with van der Waals surface area (Å²) in [5.74, 6) is -0.0446. The van der Waals surface area contributed by atoms with E-state index in [1.807, 2.05) is 6.92 Å². The van der Waals surface area contributed by atoms with Crippen molar-refractivity contribution in [1.82, 2.24) is 10.2 Å². The minimum atomic E-state index is -0.0446. The van der Waals surface area contributed by atoms with Gasteiger partial charge in [0, 0.05) is 12.1 Å². The number of halogens is 1. The van der Waals surface area contributed by atoms with Crippen LogP contribution in [0.25, 0.3) is 0 Å². The average Bonchev–Trinajstić information content (AvgIpc) is 2.66. The molecular formula is C25H53BrN2O. The van der Waals surface area contributed by atoms with Gasteiger partial charge in [-0.3, -0.25) is 4.79 Å². The van der Waals surface area contributed by atoms with E-state index in [-0.39, 0.29) is 22.9 Å². The van der Waals surface area contributed by atoms with Crippen LogP contribution >= 0.6 is 17.0 Å². The van der Waals surface area contributed by atoms with Crippen LogP contribution in [-0.4, -0.2) is 38.0 Å². The molecule has 0 aromatic carbocycles. The van der Waals surface area contributed by atoms with Gasteiger partial charge in [0.15, 0.2) is 0 Å². The molecule has 0 saturated heterocycles. The maximum atomic E-state index is 10.7. The molecule has 1 N–H and O–H groups in total. The Morgan fingerprint density at radius 3 is 1.41 bits per heavy atom. The van der Waals surface area contributed by atoms with Crippen molar-refractivity contribution in [2.45, 2.75) is 117 Å². The van der Waals surface area contributed by atoms with Crippen LogP contribution in [0.3, 0.4) is 0 Å². The number of nitrogens with zero attached hydrogens (tertiary/aromatic N) is 1. The molecule has 0 aliphatic heterocycles. The lowest BCUT2D eigenvalue weighted by Gasteiger charge is -2.08. The van der Waals surface area contributed by atoms with E-state index in [0.29, 0.717) is 5.57 Å². The zero-order valence-corrected chi connectivity index (χ0v) is 22.2. The van der Waals surface area contributed by atoms with Crippen LogP contribution in [0.2, 0.25) is 0 Å². The van der Waals surface area contributed by atoms with Crippen LogP contribution in [0.1, 0.15) is 117 Å². The third-order valence-electron chi connectivity index (χ3n) is 4.88. The fraction of sp³-hybridized carbons (Fsp3) is 0.880. The second-order valence-electron chi connectivity index (χ2n) is 8.44. The topological polar surface area (TPSA) is 32.3 Å². The number of amides is 1. The summed E-state index contributed by atoms with van der Waals surface area (Å²) < 4.78 is 0. The van der Waals surface area contributed by atoms with Gasteiger partial charge < -0.3 is 10.2 Å². The summed E-state index contributed by atoms with van der Waals surface area (Å²) in [6, 6.07) is 0. The molecule has 0 aromatic rings. The minimum absolute atomic E-state index is 0. The zero-order chi connectivity index (χ0) is 21.5. The van der Waals surface area contributed by atoms with Crippen molar-refractivity contribution < 1.29 is 4.79 Å². The summed E-state index contributed by atoms with van der Waals surface area (Å²) in [6.07, 6.45) is 21.3. The molecule has 3 nitrogen and oxygen atoms in total. The van der Waals surface area contributed by atoms with Crippen LogP contribution in [0, 0.1) is 0 Å². The summed E-state index contributed by atoms with van der Waals surface area (Å²) in [6.45, 7) is 11.5. The van der Waals surface area contributed by atoms with Gasteiger partial charge in [-0.05, 0) is 40.4 Å². The van der Waals surface area contributed by atoms with Crippen LogP contribution in [0.15, 0.2) is 12.2 Å². The normalized spacial score (nSPS) is 10.1. The quantitative estimate of drug-likeness (QED) is 0.162. The molecule has 176 valence electrons. The summed E-state index contributed by atoms with van der Waals surface area (Å²) >= 11 is 0. The maximum Gasteiger partial charge on any atom is 0.246 e. The summed E-state index contributed by atoms with van der Waals surface area (Å²) in [4.78, 5) is 13.0. The van der Waals surface area contributed by atoms with Gasteiger partial charge in [-0.25, -0.2) is 0 Å². The summed E-state index contributed by atoms with van der Waals surface area (Å²) in [5, 5.41) is 2.69. The highest BCUT2D eigenvalue weighted by atomic mass is 79.9. The molecule has 1 amide bonds. The van der Waals surface area contributed by atoms with Gasteiger partial charge >= 0.3 is 0 Å². The molecule has 0 aromatic heterocycles. The lowest BCUT2D eigenvalue weighted by molar-refractivity contribution is -0.117. The first-order valence-corrected chi connectivity index (χ1v) is 12.0. The third-order valence-corrected chi connectivity index (χ3v) is 4.88. The van der Waals surface area contributed by atoms with E-state index in [0.717, 1.165) is 13.0 Å². The Hall–Kier alpha value is -0.350. The van der Waals surface area contributed by atoms with Gasteiger partial charge in [-0.1, -0.05) is 104 Å². The highest BCUT2D eigenvalue weighted by molar-refractivity contribution is 8.93. The zero-order valence-electron chi connectivity index (χ0n) is 20.5. The van der Waals surface area contributed by atoms with Gasteiger partial charge in [-0.15, -0.1) is 17.0 Å². The highest BCUT2D eigenvalue weighted by Gasteiger charge is 1.97.